The van der Waals surface area contributed by atoms with E-state index in [0.29, 0.717) is 58.0 Å². The van der Waals surface area contributed by atoms with E-state index < -0.39 is 5.82 Å². The van der Waals surface area contributed by atoms with Crippen LogP contribution in [0.3, 0.4) is 0 Å². The van der Waals surface area contributed by atoms with Gasteiger partial charge in [-0.3, -0.25) is 4.90 Å². The van der Waals surface area contributed by atoms with Gasteiger partial charge in [0.05, 0.1) is 16.3 Å². The Hall–Kier alpha value is -3.23. The van der Waals surface area contributed by atoms with Crippen LogP contribution in [0.15, 0.2) is 18.2 Å². The summed E-state index contributed by atoms with van der Waals surface area (Å²) in [5.74, 6) is 0.587. The van der Waals surface area contributed by atoms with Crippen molar-refractivity contribution in [1.29, 1.82) is 5.26 Å². The summed E-state index contributed by atoms with van der Waals surface area (Å²) < 4.78 is 23.9. The van der Waals surface area contributed by atoms with E-state index in [0.717, 1.165) is 42.1 Å². The van der Waals surface area contributed by atoms with Crippen LogP contribution in [-0.4, -0.2) is 66.3 Å². The van der Waals surface area contributed by atoms with Crippen LogP contribution >= 0.6 is 22.9 Å². The van der Waals surface area contributed by atoms with Crippen LogP contribution in [0.2, 0.25) is 5.02 Å². The second-order valence-electron chi connectivity index (χ2n) is 11.7. The van der Waals surface area contributed by atoms with Gasteiger partial charge in [-0.1, -0.05) is 18.5 Å². The second kappa shape index (κ2) is 9.95. The number of hydrogen-bond acceptors (Lipinski definition) is 9. The molecule has 0 saturated carbocycles. The third-order valence-corrected chi connectivity index (χ3v) is 10.3. The first-order valence-electron chi connectivity index (χ1n) is 14.0. The Balaban J connectivity index is 1.42. The zero-order valence-corrected chi connectivity index (χ0v) is 24.7. The number of ether oxygens (including phenoxy) is 1. The van der Waals surface area contributed by atoms with E-state index in [4.69, 9.17) is 27.1 Å². The van der Waals surface area contributed by atoms with Crippen LogP contribution < -0.4 is 20.7 Å². The van der Waals surface area contributed by atoms with E-state index >= 15 is 4.39 Å². The number of rotatable bonds is 5. The van der Waals surface area contributed by atoms with Crippen LogP contribution in [0.1, 0.15) is 30.2 Å². The smallest absolute Gasteiger partial charge is 0.319 e. The fourth-order valence-electron chi connectivity index (χ4n) is 6.87. The highest BCUT2D eigenvalue weighted by Crippen LogP contribution is 2.47. The zero-order chi connectivity index (χ0) is 28.6. The van der Waals surface area contributed by atoms with Gasteiger partial charge in [-0.15, -0.1) is 11.3 Å². The number of likely N-dealkylation sites (N-methyl/N-ethyl adjacent to an activating group) is 1. The molecule has 3 aliphatic rings. The van der Waals surface area contributed by atoms with Gasteiger partial charge >= 0.3 is 6.01 Å². The van der Waals surface area contributed by atoms with E-state index in [2.05, 4.69) is 40.1 Å². The second-order valence-corrected chi connectivity index (χ2v) is 13.3. The third kappa shape index (κ3) is 4.29. The topological polar surface area (TPSA) is 103 Å². The Morgan fingerprint density at radius 2 is 1.98 bits per heavy atom. The van der Waals surface area contributed by atoms with E-state index in [1.165, 1.54) is 11.3 Å². The predicted molar refractivity (Wildman–Crippen MR) is 162 cm³/mol. The van der Waals surface area contributed by atoms with Gasteiger partial charge in [0.25, 0.3) is 0 Å². The van der Waals surface area contributed by atoms with Crippen molar-refractivity contribution in [3.05, 3.63) is 39.5 Å². The summed E-state index contributed by atoms with van der Waals surface area (Å²) in [5, 5.41) is 15.0. The highest BCUT2D eigenvalue weighted by Gasteiger charge is 2.36. The molecule has 41 heavy (non-hydrogen) atoms. The van der Waals surface area contributed by atoms with Gasteiger partial charge in [0, 0.05) is 69.2 Å². The lowest BCUT2D eigenvalue weighted by Gasteiger charge is -2.43. The summed E-state index contributed by atoms with van der Waals surface area (Å²) in [6.45, 7) is 7.08. The highest BCUT2D eigenvalue weighted by atomic mass is 35.5. The molecule has 0 aliphatic carbocycles. The number of halogens is 2. The SMILES string of the molecule is Cc1sc2ccc(N)c(C#N)c2c1-c1c(Cl)cc2c(N3CC4CCC(C3)N4)nc(OC[C@@H]3[C@H](C)CN3C)nc2c1F. The molecule has 3 saturated heterocycles. The molecule has 2 bridgehead atoms. The maximum atomic E-state index is 16.9. The summed E-state index contributed by atoms with van der Waals surface area (Å²) in [5.41, 5.74) is 7.78. The van der Waals surface area contributed by atoms with Crippen LogP contribution in [0.25, 0.3) is 32.1 Å². The van der Waals surface area contributed by atoms with Gasteiger partial charge in [-0.05, 0) is 50.9 Å². The number of nitriles is 1. The molecule has 5 heterocycles. The van der Waals surface area contributed by atoms with Gasteiger partial charge in [0.1, 0.15) is 24.0 Å². The average Bonchev–Trinajstić information content (AvgIpc) is 3.45. The molecule has 4 aromatic rings. The fourth-order valence-corrected chi connectivity index (χ4v) is 8.24. The molecule has 2 aromatic carbocycles. The number of aromatic nitrogens is 2. The Morgan fingerprint density at radius 1 is 1.22 bits per heavy atom. The lowest BCUT2D eigenvalue weighted by molar-refractivity contribution is 0.0159. The summed E-state index contributed by atoms with van der Waals surface area (Å²) in [4.78, 5) is 14.8. The number of hydrogen-bond donors (Lipinski definition) is 2. The summed E-state index contributed by atoms with van der Waals surface area (Å²) in [6, 6.07) is 8.70. The molecule has 4 atom stereocenters. The number of piperazine rings is 1. The zero-order valence-electron chi connectivity index (χ0n) is 23.2. The molecule has 8 nitrogen and oxygen atoms in total. The minimum Gasteiger partial charge on any atom is -0.462 e. The molecule has 212 valence electrons. The van der Waals surface area contributed by atoms with Crippen molar-refractivity contribution >= 4 is 55.4 Å². The molecule has 7 rings (SSSR count). The van der Waals surface area contributed by atoms with Crippen LogP contribution in [0, 0.1) is 30.0 Å². The number of anilines is 2. The number of nitrogens with zero attached hydrogens (tertiary/aromatic N) is 5. The first-order chi connectivity index (χ1) is 19.7. The minimum atomic E-state index is -0.553. The van der Waals surface area contributed by atoms with E-state index in [-0.39, 0.29) is 28.2 Å². The van der Waals surface area contributed by atoms with Gasteiger partial charge in [-0.2, -0.15) is 15.2 Å². The average molecular weight is 592 g/mol. The van der Waals surface area contributed by atoms with E-state index in [1.54, 1.807) is 12.1 Å². The number of nitrogen functional groups attached to an aromatic ring is 1. The van der Waals surface area contributed by atoms with Gasteiger partial charge in [0.15, 0.2) is 5.82 Å². The number of nitrogens with two attached hydrogens (primary N) is 1. The normalized spacial score (nSPS) is 24.1. The Morgan fingerprint density at radius 3 is 2.66 bits per heavy atom. The van der Waals surface area contributed by atoms with E-state index in [9.17, 15) is 5.26 Å². The van der Waals surface area contributed by atoms with Crippen molar-refractivity contribution in [2.75, 3.05) is 43.9 Å². The lowest BCUT2D eigenvalue weighted by Crippen LogP contribution is -2.55. The van der Waals surface area contributed by atoms with Gasteiger partial charge < -0.3 is 20.7 Å². The molecule has 2 unspecified atom stereocenters. The fraction of sp³-hybridized carbons (Fsp3) is 0.433. The maximum absolute atomic E-state index is 16.9. The summed E-state index contributed by atoms with van der Waals surface area (Å²) >= 11 is 8.40. The number of benzene rings is 2. The molecule has 0 radical (unpaired) electrons. The largest absolute Gasteiger partial charge is 0.462 e. The van der Waals surface area contributed by atoms with Crippen molar-refractivity contribution in [2.24, 2.45) is 5.92 Å². The maximum Gasteiger partial charge on any atom is 0.319 e. The van der Waals surface area contributed by atoms with Gasteiger partial charge in [0.2, 0.25) is 0 Å². The van der Waals surface area contributed by atoms with Crippen molar-refractivity contribution in [3.8, 4) is 23.2 Å². The van der Waals surface area contributed by atoms with Crippen molar-refractivity contribution in [1.82, 2.24) is 20.2 Å². The number of nitrogens with one attached hydrogen (secondary N) is 1. The molecule has 3 fully saturated rings. The number of fused-ring (bicyclic) bond motifs is 4. The molecule has 0 amide bonds. The molecule has 2 aromatic heterocycles. The number of likely N-dealkylation sites (tertiary alicyclic amines) is 1. The van der Waals surface area contributed by atoms with Crippen LogP contribution in [0.5, 0.6) is 6.01 Å². The Bertz CT molecular complexity index is 1730. The molecule has 3 N–H and O–H groups in total. The van der Waals surface area contributed by atoms with Crippen molar-refractivity contribution < 1.29 is 9.13 Å². The van der Waals surface area contributed by atoms with E-state index in [1.807, 2.05) is 13.0 Å². The van der Waals surface area contributed by atoms with Crippen LogP contribution in [0.4, 0.5) is 15.9 Å². The number of aryl methyl sites for hydroxylation is 1. The Kier molecular flexibility index (Phi) is 6.47. The molecule has 3 aliphatic heterocycles. The number of thiophene rings is 1. The molecular formula is C30H31ClFN7OS. The third-order valence-electron chi connectivity index (χ3n) is 8.97. The standard InChI is InChI=1S/C30H31ClFN7OS/c1-14-10-38(3)22(14)13-40-30-36-28-18(29(37-30)39-11-16-4-5-17(12-39)35-16)8-20(31)26(27(28)32)24-15(2)41-23-7-6-21(34)19(9-33)25(23)24/h6-8,14,16-17,22,35H,4-5,10-13,34H2,1-3H3/t14-,16?,17?,22-/m1/s1. The van der Waals surface area contributed by atoms with Crippen molar-refractivity contribution in [2.45, 2.75) is 44.8 Å². The highest BCUT2D eigenvalue weighted by molar-refractivity contribution is 7.19. The monoisotopic (exact) mass is 591 g/mol. The quantitative estimate of drug-likeness (QED) is 0.300. The molecule has 11 heteroatoms. The van der Waals surface area contributed by atoms with Crippen molar-refractivity contribution in [3.63, 3.8) is 0 Å². The Labute approximate surface area is 246 Å². The molecular weight excluding hydrogens is 561 g/mol. The van der Waals surface area contributed by atoms with Crippen LogP contribution in [-0.2, 0) is 0 Å². The minimum absolute atomic E-state index is 0.159. The van der Waals surface area contributed by atoms with Gasteiger partial charge in [-0.25, -0.2) is 4.39 Å². The predicted octanol–water partition coefficient (Wildman–Crippen LogP) is 5.34. The summed E-state index contributed by atoms with van der Waals surface area (Å²) in [7, 11) is 2.07. The first kappa shape index (κ1) is 26.7. The molecule has 0 spiro atoms. The lowest BCUT2D eigenvalue weighted by atomic mass is 9.92. The first-order valence-corrected chi connectivity index (χ1v) is 15.2. The summed E-state index contributed by atoms with van der Waals surface area (Å²) in [6.07, 6.45) is 2.21.